The summed E-state index contributed by atoms with van der Waals surface area (Å²) >= 11 is 0. The zero-order valence-electron chi connectivity index (χ0n) is 20.3. The van der Waals surface area contributed by atoms with Crippen LogP contribution in [-0.2, 0) is 25.4 Å². The number of aromatic nitrogens is 1. The molecular weight excluding hydrogens is 430 g/mol. The molecule has 1 aromatic rings. The highest BCUT2D eigenvalue weighted by Crippen LogP contribution is 2.23. The van der Waals surface area contributed by atoms with Crippen LogP contribution < -0.4 is 5.32 Å². The molecule has 1 aliphatic heterocycles. The van der Waals surface area contributed by atoms with Gasteiger partial charge in [0.1, 0.15) is 11.3 Å². The molecule has 1 saturated heterocycles. The van der Waals surface area contributed by atoms with Gasteiger partial charge < -0.3 is 29.6 Å². The molecule has 0 spiro atoms. The van der Waals surface area contributed by atoms with Crippen LogP contribution in [0, 0.1) is 12.8 Å². The lowest BCUT2D eigenvalue weighted by Gasteiger charge is -2.29. The molecule has 10 heteroatoms. The summed E-state index contributed by atoms with van der Waals surface area (Å²) in [5.41, 5.74) is 0.246. The molecule has 33 heavy (non-hydrogen) atoms. The number of aliphatic hydroxyl groups is 1. The maximum Gasteiger partial charge on any atom is 0.355 e. The van der Waals surface area contributed by atoms with Crippen LogP contribution in [0.25, 0.3) is 0 Å². The van der Waals surface area contributed by atoms with E-state index in [-0.39, 0.29) is 48.4 Å². The van der Waals surface area contributed by atoms with Crippen molar-refractivity contribution in [2.45, 2.75) is 46.6 Å². The van der Waals surface area contributed by atoms with E-state index in [1.807, 2.05) is 0 Å². The SMILES string of the molecule is CCOC(=O)c1c(CC(=O)NCC(CO)CN2CCOCC2)[nH]c(C(=O)OC(C)(C)C)c1C. The average molecular weight is 468 g/mol. The van der Waals surface area contributed by atoms with Gasteiger partial charge >= 0.3 is 11.9 Å². The molecule has 0 aromatic carbocycles. The Bertz CT molecular complexity index is 823. The first-order valence-corrected chi connectivity index (χ1v) is 11.3. The Balaban J connectivity index is 2.10. The summed E-state index contributed by atoms with van der Waals surface area (Å²) in [7, 11) is 0. The molecule has 0 bridgehead atoms. The summed E-state index contributed by atoms with van der Waals surface area (Å²) in [6, 6.07) is 0. The summed E-state index contributed by atoms with van der Waals surface area (Å²) in [5.74, 6) is -1.68. The largest absolute Gasteiger partial charge is 0.462 e. The van der Waals surface area contributed by atoms with Gasteiger partial charge in [0.15, 0.2) is 0 Å². The highest BCUT2D eigenvalue weighted by molar-refractivity contribution is 5.99. The Kier molecular flexibility index (Phi) is 9.87. The lowest BCUT2D eigenvalue weighted by Crippen LogP contribution is -2.43. The number of carbonyl (C=O) groups excluding carboxylic acids is 3. The average Bonchev–Trinajstić information content (AvgIpc) is 3.06. The van der Waals surface area contributed by atoms with Crippen molar-refractivity contribution in [1.82, 2.24) is 15.2 Å². The van der Waals surface area contributed by atoms with Crippen molar-refractivity contribution in [3.63, 3.8) is 0 Å². The van der Waals surface area contributed by atoms with Crippen LogP contribution in [0.2, 0.25) is 0 Å². The maximum absolute atomic E-state index is 12.7. The van der Waals surface area contributed by atoms with E-state index >= 15 is 0 Å². The van der Waals surface area contributed by atoms with E-state index in [1.165, 1.54) is 0 Å². The van der Waals surface area contributed by atoms with Crippen molar-refractivity contribution in [3.05, 3.63) is 22.5 Å². The van der Waals surface area contributed by atoms with Gasteiger partial charge in [-0.05, 0) is 40.2 Å². The second-order valence-corrected chi connectivity index (χ2v) is 9.14. The molecule has 1 aromatic heterocycles. The Morgan fingerprint density at radius 1 is 1.21 bits per heavy atom. The number of morpholine rings is 1. The quantitative estimate of drug-likeness (QED) is 0.436. The fourth-order valence-corrected chi connectivity index (χ4v) is 3.62. The third-order valence-electron chi connectivity index (χ3n) is 5.21. The number of ether oxygens (including phenoxy) is 3. The fourth-order valence-electron chi connectivity index (χ4n) is 3.62. The smallest absolute Gasteiger partial charge is 0.355 e. The number of aliphatic hydroxyl groups excluding tert-OH is 1. The molecular formula is C23H37N3O7. The van der Waals surface area contributed by atoms with Crippen molar-refractivity contribution in [3.8, 4) is 0 Å². The molecule has 2 rings (SSSR count). The lowest BCUT2D eigenvalue weighted by atomic mass is 10.1. The number of rotatable bonds is 10. The van der Waals surface area contributed by atoms with Crippen LogP contribution in [0.15, 0.2) is 0 Å². The van der Waals surface area contributed by atoms with Crippen LogP contribution in [0.1, 0.15) is 59.8 Å². The van der Waals surface area contributed by atoms with Crippen LogP contribution >= 0.6 is 0 Å². The molecule has 0 aliphatic carbocycles. The Labute approximate surface area is 194 Å². The van der Waals surface area contributed by atoms with Gasteiger partial charge in [-0.2, -0.15) is 0 Å². The van der Waals surface area contributed by atoms with E-state index in [4.69, 9.17) is 14.2 Å². The topological polar surface area (TPSA) is 130 Å². The van der Waals surface area contributed by atoms with Gasteiger partial charge in [-0.15, -0.1) is 0 Å². The number of aromatic amines is 1. The van der Waals surface area contributed by atoms with Crippen LogP contribution in [0.3, 0.4) is 0 Å². The van der Waals surface area contributed by atoms with E-state index in [9.17, 15) is 19.5 Å². The number of H-pyrrole nitrogens is 1. The second-order valence-electron chi connectivity index (χ2n) is 9.14. The van der Waals surface area contributed by atoms with Crippen molar-refractivity contribution in [1.29, 1.82) is 0 Å². The zero-order valence-corrected chi connectivity index (χ0v) is 20.3. The molecule has 10 nitrogen and oxygen atoms in total. The van der Waals surface area contributed by atoms with Crippen molar-refractivity contribution in [2.75, 3.05) is 52.6 Å². The Morgan fingerprint density at radius 2 is 1.88 bits per heavy atom. The number of nitrogens with zero attached hydrogens (tertiary/aromatic N) is 1. The first kappa shape index (κ1) is 26.8. The van der Waals surface area contributed by atoms with Crippen molar-refractivity contribution < 1.29 is 33.7 Å². The van der Waals surface area contributed by atoms with Gasteiger partial charge in [-0.1, -0.05) is 0 Å². The van der Waals surface area contributed by atoms with Gasteiger partial charge in [0.25, 0.3) is 0 Å². The Hall–Kier alpha value is -2.43. The van der Waals surface area contributed by atoms with Gasteiger partial charge in [0, 0.05) is 44.4 Å². The highest BCUT2D eigenvalue weighted by Gasteiger charge is 2.29. The summed E-state index contributed by atoms with van der Waals surface area (Å²) in [6.45, 7) is 12.5. The highest BCUT2D eigenvalue weighted by atomic mass is 16.6. The van der Waals surface area contributed by atoms with Crippen LogP contribution in [-0.4, -0.2) is 91.0 Å². The molecule has 2 heterocycles. The molecule has 1 atom stereocenters. The monoisotopic (exact) mass is 467 g/mol. The molecule has 3 N–H and O–H groups in total. The third-order valence-corrected chi connectivity index (χ3v) is 5.21. The van der Waals surface area contributed by atoms with E-state index in [0.29, 0.717) is 31.9 Å². The minimum atomic E-state index is -0.712. The molecule has 1 fully saturated rings. The number of nitrogens with one attached hydrogen (secondary N) is 2. The number of amides is 1. The third kappa shape index (κ3) is 8.13. The van der Waals surface area contributed by atoms with Gasteiger partial charge in [-0.25, -0.2) is 9.59 Å². The number of esters is 2. The molecule has 1 unspecified atom stereocenters. The molecule has 1 amide bonds. The predicted molar refractivity (Wildman–Crippen MR) is 121 cm³/mol. The van der Waals surface area contributed by atoms with E-state index < -0.39 is 17.5 Å². The summed E-state index contributed by atoms with van der Waals surface area (Å²) in [6.07, 6.45) is -0.145. The van der Waals surface area contributed by atoms with E-state index in [0.717, 1.165) is 13.1 Å². The lowest BCUT2D eigenvalue weighted by molar-refractivity contribution is -0.120. The standard InChI is InChI=1S/C23H37N3O7/c1-6-32-21(29)19-15(2)20(22(30)33-23(3,4)5)25-17(19)11-18(28)24-12-16(14-27)13-26-7-9-31-10-8-26/h16,25,27H,6-14H2,1-5H3,(H,24,28). The van der Waals surface area contributed by atoms with Gasteiger partial charge in [-0.3, -0.25) is 9.69 Å². The van der Waals surface area contributed by atoms with E-state index in [2.05, 4.69) is 15.2 Å². The Morgan fingerprint density at radius 3 is 2.45 bits per heavy atom. The number of carbonyl (C=O) groups is 3. The molecule has 0 saturated carbocycles. The van der Waals surface area contributed by atoms with Crippen molar-refractivity contribution in [2.24, 2.45) is 5.92 Å². The molecule has 0 radical (unpaired) electrons. The summed E-state index contributed by atoms with van der Waals surface area (Å²) in [4.78, 5) is 42.9. The number of hydrogen-bond donors (Lipinski definition) is 3. The predicted octanol–water partition coefficient (Wildman–Crippen LogP) is 1.05. The summed E-state index contributed by atoms with van der Waals surface area (Å²) in [5, 5.41) is 12.5. The zero-order chi connectivity index (χ0) is 24.6. The number of hydrogen-bond acceptors (Lipinski definition) is 8. The van der Waals surface area contributed by atoms with Crippen LogP contribution in [0.5, 0.6) is 0 Å². The maximum atomic E-state index is 12.7. The molecule has 1 aliphatic rings. The van der Waals surface area contributed by atoms with Gasteiger partial charge in [0.05, 0.1) is 31.8 Å². The molecule has 186 valence electrons. The van der Waals surface area contributed by atoms with Crippen molar-refractivity contribution >= 4 is 17.8 Å². The van der Waals surface area contributed by atoms with Crippen LogP contribution in [0.4, 0.5) is 0 Å². The first-order chi connectivity index (χ1) is 15.6. The minimum Gasteiger partial charge on any atom is -0.462 e. The summed E-state index contributed by atoms with van der Waals surface area (Å²) < 4.78 is 15.9. The first-order valence-electron chi connectivity index (χ1n) is 11.3. The fraction of sp³-hybridized carbons (Fsp3) is 0.696. The normalized spacial score (nSPS) is 15.7. The van der Waals surface area contributed by atoms with Gasteiger partial charge in [0.2, 0.25) is 5.91 Å². The minimum absolute atomic E-state index is 0.0594. The second kappa shape index (κ2) is 12.2. The van der Waals surface area contributed by atoms with E-state index in [1.54, 1.807) is 34.6 Å².